The fourth-order valence-corrected chi connectivity index (χ4v) is 5.01. The first kappa shape index (κ1) is 22.9. The summed E-state index contributed by atoms with van der Waals surface area (Å²) in [6, 6.07) is 10.6. The van der Waals surface area contributed by atoms with E-state index in [2.05, 4.69) is 5.32 Å². The summed E-state index contributed by atoms with van der Waals surface area (Å²) in [5, 5.41) is 2.76. The molecule has 0 atom stereocenters. The largest absolute Gasteiger partial charge is 0.497 e. The van der Waals surface area contributed by atoms with Crippen LogP contribution in [0, 0.1) is 0 Å². The van der Waals surface area contributed by atoms with Gasteiger partial charge in [-0.25, -0.2) is 8.42 Å². The van der Waals surface area contributed by atoms with Crippen molar-refractivity contribution in [1.82, 2.24) is 9.62 Å². The normalized spacial score (nSPS) is 13.9. The molecular formula is C22H28N2O6S. The van der Waals surface area contributed by atoms with Gasteiger partial charge < -0.3 is 19.5 Å². The van der Waals surface area contributed by atoms with E-state index in [-0.39, 0.29) is 18.2 Å². The number of nitrogens with zero attached hydrogens (tertiary/aromatic N) is 1. The standard InChI is InChI=1S/C22H28N2O6S/c1-28-18-6-5-17-15-24(11-9-16(17)13-18)31(26,27)12-4-10-23-22(25)20-8-7-19(29-2)14-21(20)30-3/h5-8,13-14H,4,9-12,15H2,1-3H3,(H,23,25). The molecule has 0 unspecified atom stereocenters. The predicted octanol–water partition coefficient (Wildman–Crippen LogP) is 2.22. The minimum absolute atomic E-state index is 0.0293. The molecule has 1 N–H and O–H groups in total. The van der Waals surface area contributed by atoms with Crippen molar-refractivity contribution in [3.63, 3.8) is 0 Å². The topological polar surface area (TPSA) is 94.2 Å². The zero-order valence-electron chi connectivity index (χ0n) is 18.0. The fourth-order valence-electron chi connectivity index (χ4n) is 3.53. The van der Waals surface area contributed by atoms with Crippen LogP contribution in [0.25, 0.3) is 0 Å². The number of carbonyl (C=O) groups excluding carboxylic acids is 1. The second-order valence-electron chi connectivity index (χ2n) is 7.21. The minimum Gasteiger partial charge on any atom is -0.497 e. The molecule has 3 rings (SSSR count). The van der Waals surface area contributed by atoms with E-state index in [0.29, 0.717) is 43.0 Å². The zero-order chi connectivity index (χ0) is 22.4. The van der Waals surface area contributed by atoms with Gasteiger partial charge in [-0.05, 0) is 48.2 Å². The Bertz CT molecular complexity index is 1040. The maximum absolute atomic E-state index is 12.8. The van der Waals surface area contributed by atoms with Crippen molar-refractivity contribution >= 4 is 15.9 Å². The number of benzene rings is 2. The van der Waals surface area contributed by atoms with E-state index in [4.69, 9.17) is 14.2 Å². The van der Waals surface area contributed by atoms with E-state index in [1.807, 2.05) is 18.2 Å². The van der Waals surface area contributed by atoms with E-state index in [9.17, 15) is 13.2 Å². The molecule has 0 saturated heterocycles. The van der Waals surface area contributed by atoms with Crippen LogP contribution >= 0.6 is 0 Å². The molecule has 0 spiro atoms. The maximum Gasteiger partial charge on any atom is 0.255 e. The van der Waals surface area contributed by atoms with Gasteiger partial charge in [-0.2, -0.15) is 4.31 Å². The average molecular weight is 449 g/mol. The second kappa shape index (κ2) is 10.0. The van der Waals surface area contributed by atoms with Crippen LogP contribution in [0.15, 0.2) is 36.4 Å². The molecular weight excluding hydrogens is 420 g/mol. The Morgan fingerprint density at radius 1 is 1.00 bits per heavy atom. The summed E-state index contributed by atoms with van der Waals surface area (Å²) in [5.74, 6) is 1.41. The van der Waals surface area contributed by atoms with E-state index in [1.54, 1.807) is 25.3 Å². The third kappa shape index (κ3) is 5.48. The summed E-state index contributed by atoms with van der Waals surface area (Å²) in [7, 11) is 1.21. The quantitative estimate of drug-likeness (QED) is 0.591. The average Bonchev–Trinajstić information content (AvgIpc) is 2.80. The van der Waals surface area contributed by atoms with Gasteiger partial charge in [0.2, 0.25) is 10.0 Å². The number of nitrogens with one attached hydrogen (secondary N) is 1. The minimum atomic E-state index is -3.42. The molecule has 2 aromatic carbocycles. The SMILES string of the molecule is COc1ccc2c(c1)CCN(S(=O)(=O)CCCNC(=O)c1ccc(OC)cc1OC)C2. The molecule has 8 nitrogen and oxygen atoms in total. The van der Waals surface area contributed by atoms with Crippen molar-refractivity contribution in [3.05, 3.63) is 53.1 Å². The molecule has 2 aromatic rings. The summed E-state index contributed by atoms with van der Waals surface area (Å²) in [6.45, 7) is 1.05. The summed E-state index contributed by atoms with van der Waals surface area (Å²) in [5.41, 5.74) is 2.48. The lowest BCUT2D eigenvalue weighted by atomic mass is 10.0. The molecule has 1 amide bonds. The summed E-state index contributed by atoms with van der Waals surface area (Å²) >= 11 is 0. The Kier molecular flexibility index (Phi) is 7.40. The zero-order valence-corrected chi connectivity index (χ0v) is 18.8. The first-order valence-electron chi connectivity index (χ1n) is 10.0. The van der Waals surface area contributed by atoms with E-state index < -0.39 is 10.0 Å². The lowest BCUT2D eigenvalue weighted by Crippen LogP contribution is -2.38. The van der Waals surface area contributed by atoms with Gasteiger partial charge in [0.05, 0.1) is 32.6 Å². The molecule has 0 fully saturated rings. The number of carbonyl (C=O) groups is 1. The van der Waals surface area contributed by atoms with E-state index >= 15 is 0 Å². The van der Waals surface area contributed by atoms with Crippen molar-refractivity contribution in [2.45, 2.75) is 19.4 Å². The van der Waals surface area contributed by atoms with Gasteiger partial charge in [-0.1, -0.05) is 6.07 Å². The highest BCUT2D eigenvalue weighted by Gasteiger charge is 2.26. The van der Waals surface area contributed by atoms with Crippen molar-refractivity contribution in [3.8, 4) is 17.2 Å². The van der Waals surface area contributed by atoms with Crippen LogP contribution in [-0.4, -0.2) is 58.8 Å². The molecule has 0 saturated carbocycles. The highest BCUT2D eigenvalue weighted by atomic mass is 32.2. The molecule has 0 radical (unpaired) electrons. The number of fused-ring (bicyclic) bond motifs is 1. The lowest BCUT2D eigenvalue weighted by Gasteiger charge is -2.28. The van der Waals surface area contributed by atoms with Gasteiger partial charge in [-0.3, -0.25) is 4.79 Å². The van der Waals surface area contributed by atoms with Crippen molar-refractivity contribution in [1.29, 1.82) is 0 Å². The molecule has 1 aliphatic rings. The highest BCUT2D eigenvalue weighted by molar-refractivity contribution is 7.89. The number of sulfonamides is 1. The van der Waals surface area contributed by atoms with Crippen molar-refractivity contribution < 1.29 is 27.4 Å². The Labute approximate surface area is 183 Å². The van der Waals surface area contributed by atoms with Crippen molar-refractivity contribution in [2.24, 2.45) is 0 Å². The maximum atomic E-state index is 12.8. The van der Waals surface area contributed by atoms with E-state index in [1.165, 1.54) is 18.5 Å². The van der Waals surface area contributed by atoms with Crippen LogP contribution in [0.1, 0.15) is 27.9 Å². The van der Waals surface area contributed by atoms with Gasteiger partial charge in [-0.15, -0.1) is 0 Å². The van der Waals surface area contributed by atoms with Gasteiger partial charge in [0.1, 0.15) is 17.2 Å². The van der Waals surface area contributed by atoms with Crippen molar-refractivity contribution in [2.75, 3.05) is 40.2 Å². The van der Waals surface area contributed by atoms with Crippen LogP contribution in [-0.2, 0) is 23.0 Å². The van der Waals surface area contributed by atoms with Gasteiger partial charge >= 0.3 is 0 Å². The van der Waals surface area contributed by atoms with Gasteiger partial charge in [0, 0.05) is 25.7 Å². The molecule has 1 aliphatic heterocycles. The number of hydrogen-bond acceptors (Lipinski definition) is 6. The highest BCUT2D eigenvalue weighted by Crippen LogP contribution is 2.26. The Morgan fingerprint density at radius 2 is 1.71 bits per heavy atom. The fraction of sp³-hybridized carbons (Fsp3) is 0.409. The molecule has 0 aliphatic carbocycles. The number of amides is 1. The van der Waals surface area contributed by atoms with Gasteiger partial charge in [0.25, 0.3) is 5.91 Å². The van der Waals surface area contributed by atoms with Gasteiger partial charge in [0.15, 0.2) is 0 Å². The monoisotopic (exact) mass is 448 g/mol. The molecule has 0 bridgehead atoms. The summed E-state index contributed by atoms with van der Waals surface area (Å²) < 4.78 is 42.6. The Hall–Kier alpha value is -2.78. The Balaban J connectivity index is 1.52. The number of hydrogen-bond donors (Lipinski definition) is 1. The first-order valence-corrected chi connectivity index (χ1v) is 11.6. The van der Waals surface area contributed by atoms with Crippen LogP contribution in [0.2, 0.25) is 0 Å². The third-order valence-corrected chi connectivity index (χ3v) is 7.21. The summed E-state index contributed by atoms with van der Waals surface area (Å²) in [6.07, 6.45) is 0.971. The number of rotatable bonds is 9. The lowest BCUT2D eigenvalue weighted by molar-refractivity contribution is 0.0950. The molecule has 9 heteroatoms. The summed E-state index contributed by atoms with van der Waals surface area (Å²) in [4.78, 5) is 12.4. The molecule has 168 valence electrons. The number of methoxy groups -OCH3 is 3. The molecule has 0 aromatic heterocycles. The first-order chi connectivity index (χ1) is 14.9. The van der Waals surface area contributed by atoms with E-state index in [0.717, 1.165) is 16.9 Å². The second-order valence-corrected chi connectivity index (χ2v) is 9.30. The third-order valence-electron chi connectivity index (χ3n) is 5.30. The van der Waals surface area contributed by atoms with Crippen LogP contribution < -0.4 is 19.5 Å². The van der Waals surface area contributed by atoms with Crippen LogP contribution in [0.4, 0.5) is 0 Å². The Morgan fingerprint density at radius 3 is 2.42 bits per heavy atom. The molecule has 31 heavy (non-hydrogen) atoms. The number of ether oxygens (including phenoxy) is 3. The predicted molar refractivity (Wildman–Crippen MR) is 117 cm³/mol. The molecule has 1 heterocycles. The van der Waals surface area contributed by atoms with Crippen LogP contribution in [0.5, 0.6) is 17.2 Å². The smallest absolute Gasteiger partial charge is 0.255 e. The van der Waals surface area contributed by atoms with Crippen LogP contribution in [0.3, 0.4) is 0 Å².